The van der Waals surface area contributed by atoms with Gasteiger partial charge in [0.15, 0.2) is 0 Å². The van der Waals surface area contributed by atoms with E-state index in [4.69, 9.17) is 10.5 Å². The summed E-state index contributed by atoms with van der Waals surface area (Å²) < 4.78 is 0. The Morgan fingerprint density at radius 2 is 1.86 bits per heavy atom. The van der Waals surface area contributed by atoms with E-state index in [1.807, 2.05) is 12.1 Å². The topological polar surface area (TPSA) is 47.6 Å². The molecule has 0 saturated heterocycles. The van der Waals surface area contributed by atoms with Crippen LogP contribution in [0.2, 0.25) is 0 Å². The largest absolute Gasteiger partial charge is 0.192 e. The third kappa shape index (κ3) is 4.08. The highest BCUT2D eigenvalue weighted by molar-refractivity contribution is 5.49. The van der Waals surface area contributed by atoms with Crippen molar-refractivity contribution in [2.75, 3.05) is 0 Å². The van der Waals surface area contributed by atoms with Crippen LogP contribution in [0.3, 0.4) is 0 Å². The molecule has 1 unspecified atom stereocenters. The van der Waals surface area contributed by atoms with Gasteiger partial charge >= 0.3 is 0 Å². The molecule has 0 saturated carbocycles. The van der Waals surface area contributed by atoms with Crippen LogP contribution in [0, 0.1) is 28.6 Å². The molecule has 0 aromatic rings. The van der Waals surface area contributed by atoms with E-state index in [0.29, 0.717) is 11.5 Å². The van der Waals surface area contributed by atoms with Gasteiger partial charge in [0.05, 0.1) is 0 Å². The Kier molecular flexibility index (Phi) is 5.82. The Morgan fingerprint density at radius 1 is 1.10 bits per heavy atom. The first-order valence-electron chi connectivity index (χ1n) is 8.22. The van der Waals surface area contributed by atoms with Crippen molar-refractivity contribution >= 4 is 0 Å². The molecule has 110 valence electrons. The summed E-state index contributed by atoms with van der Waals surface area (Å²) in [6.45, 7) is 2.24. The molecular weight excluding hydrogens is 256 g/mol. The summed E-state index contributed by atoms with van der Waals surface area (Å²) in [6.07, 6.45) is 15.4. The van der Waals surface area contributed by atoms with Crippen LogP contribution in [-0.2, 0) is 0 Å². The van der Waals surface area contributed by atoms with E-state index < -0.39 is 0 Å². The second-order valence-corrected chi connectivity index (χ2v) is 6.16. The van der Waals surface area contributed by atoms with Gasteiger partial charge in [-0.25, -0.2) is 0 Å². The van der Waals surface area contributed by atoms with Crippen molar-refractivity contribution < 1.29 is 0 Å². The van der Waals surface area contributed by atoms with Gasteiger partial charge < -0.3 is 0 Å². The molecule has 2 aliphatic carbocycles. The maximum atomic E-state index is 9.02. The lowest BCUT2D eigenvalue weighted by atomic mass is 9.76. The molecule has 2 aliphatic rings. The van der Waals surface area contributed by atoms with Gasteiger partial charge in [-0.3, -0.25) is 0 Å². The summed E-state index contributed by atoms with van der Waals surface area (Å²) in [5.41, 5.74) is 4.15. The Hall–Kier alpha value is -1.80. The first-order valence-corrected chi connectivity index (χ1v) is 8.22. The van der Waals surface area contributed by atoms with Gasteiger partial charge in [-0.05, 0) is 55.6 Å². The van der Waals surface area contributed by atoms with Gasteiger partial charge in [0.25, 0.3) is 0 Å². The number of rotatable bonds is 5. The molecule has 1 atom stereocenters. The number of hydrogen-bond donors (Lipinski definition) is 0. The maximum absolute atomic E-state index is 9.02. The summed E-state index contributed by atoms with van der Waals surface area (Å²) in [5, 5.41) is 18.0. The molecule has 0 fully saturated rings. The minimum atomic E-state index is 0.296. The van der Waals surface area contributed by atoms with Gasteiger partial charge in [0, 0.05) is 0 Å². The molecule has 2 heteroatoms. The van der Waals surface area contributed by atoms with E-state index in [-0.39, 0.29) is 0 Å². The first-order chi connectivity index (χ1) is 10.3. The number of hydrogen-bond acceptors (Lipinski definition) is 2. The molecule has 0 N–H and O–H groups in total. The third-order valence-electron chi connectivity index (χ3n) is 4.66. The van der Waals surface area contributed by atoms with Crippen molar-refractivity contribution in [1.82, 2.24) is 0 Å². The standard InChI is InChI=1S/C19H24N2/c1-2-3-4-5-6-15-7-8-16-9-10-17(12-18(16)11-15)19(13-20)14-21/h11-12,16H,2-10H2,1H3. The van der Waals surface area contributed by atoms with E-state index in [1.54, 1.807) is 5.57 Å². The molecular formula is C19H24N2. The molecule has 21 heavy (non-hydrogen) atoms. The lowest BCUT2D eigenvalue weighted by molar-refractivity contribution is 0.490. The fourth-order valence-electron chi connectivity index (χ4n) is 3.37. The van der Waals surface area contributed by atoms with E-state index in [9.17, 15) is 0 Å². The minimum absolute atomic E-state index is 0.296. The first kappa shape index (κ1) is 15.6. The highest BCUT2D eigenvalue weighted by Crippen LogP contribution is 2.39. The fourth-order valence-corrected chi connectivity index (χ4v) is 3.37. The van der Waals surface area contributed by atoms with Crippen molar-refractivity contribution in [2.45, 2.75) is 64.7 Å². The van der Waals surface area contributed by atoms with E-state index in [1.165, 1.54) is 50.5 Å². The number of unbranched alkanes of at least 4 members (excludes halogenated alkanes) is 3. The Labute approximate surface area is 128 Å². The van der Waals surface area contributed by atoms with Gasteiger partial charge in [-0.1, -0.05) is 43.9 Å². The summed E-state index contributed by atoms with van der Waals surface area (Å²) >= 11 is 0. The number of fused-ring (bicyclic) bond motifs is 1. The van der Waals surface area contributed by atoms with E-state index >= 15 is 0 Å². The van der Waals surface area contributed by atoms with Gasteiger partial charge in [-0.15, -0.1) is 0 Å². The normalized spacial score (nSPS) is 20.7. The van der Waals surface area contributed by atoms with Crippen LogP contribution < -0.4 is 0 Å². The van der Waals surface area contributed by atoms with Gasteiger partial charge in [0.2, 0.25) is 0 Å². The molecule has 0 aromatic heterocycles. The minimum Gasteiger partial charge on any atom is -0.192 e. The van der Waals surface area contributed by atoms with Crippen molar-refractivity contribution in [3.05, 3.63) is 34.4 Å². The molecule has 2 nitrogen and oxygen atoms in total. The summed E-state index contributed by atoms with van der Waals surface area (Å²) in [6, 6.07) is 4.06. The van der Waals surface area contributed by atoms with Crippen LogP contribution in [-0.4, -0.2) is 0 Å². The fraction of sp³-hybridized carbons (Fsp3) is 0.579. The molecule has 0 heterocycles. The van der Waals surface area contributed by atoms with Gasteiger partial charge in [0.1, 0.15) is 17.7 Å². The van der Waals surface area contributed by atoms with Crippen LogP contribution in [0.15, 0.2) is 34.4 Å². The van der Waals surface area contributed by atoms with Crippen molar-refractivity contribution in [2.24, 2.45) is 5.92 Å². The molecule has 0 aliphatic heterocycles. The van der Waals surface area contributed by atoms with Crippen LogP contribution in [0.25, 0.3) is 0 Å². The number of nitriles is 2. The highest BCUT2D eigenvalue weighted by Gasteiger charge is 2.23. The predicted molar refractivity (Wildman–Crippen MR) is 85.1 cm³/mol. The lowest BCUT2D eigenvalue weighted by Crippen LogP contribution is -2.14. The van der Waals surface area contributed by atoms with Crippen LogP contribution in [0.5, 0.6) is 0 Å². The Bertz CT molecular complexity index is 533. The monoisotopic (exact) mass is 280 g/mol. The van der Waals surface area contributed by atoms with Gasteiger partial charge in [-0.2, -0.15) is 10.5 Å². The number of nitrogens with zero attached hydrogens (tertiary/aromatic N) is 2. The Balaban J connectivity index is 2.09. The van der Waals surface area contributed by atoms with Crippen LogP contribution >= 0.6 is 0 Å². The zero-order valence-corrected chi connectivity index (χ0v) is 13.0. The second-order valence-electron chi connectivity index (χ2n) is 6.16. The second kappa shape index (κ2) is 7.84. The maximum Gasteiger partial charge on any atom is 0.132 e. The zero-order valence-electron chi connectivity index (χ0n) is 13.0. The number of allylic oxidation sites excluding steroid dienone is 6. The van der Waals surface area contributed by atoms with E-state index in [0.717, 1.165) is 18.4 Å². The SMILES string of the molecule is CCCCCCC1=CC2=CC(=C(C#N)C#N)CCC2CC1. The molecule has 2 rings (SSSR count). The zero-order chi connectivity index (χ0) is 15.1. The average Bonchev–Trinajstić information content (AvgIpc) is 2.52. The van der Waals surface area contributed by atoms with Crippen molar-refractivity contribution in [3.63, 3.8) is 0 Å². The predicted octanol–water partition coefficient (Wildman–Crippen LogP) is 5.36. The van der Waals surface area contributed by atoms with Crippen molar-refractivity contribution in [3.8, 4) is 12.1 Å². The summed E-state index contributed by atoms with van der Waals surface area (Å²) in [5.74, 6) is 0.645. The van der Waals surface area contributed by atoms with Crippen LogP contribution in [0.1, 0.15) is 64.7 Å². The Morgan fingerprint density at radius 3 is 2.57 bits per heavy atom. The molecule has 0 amide bonds. The smallest absolute Gasteiger partial charge is 0.132 e. The summed E-state index contributed by atoms with van der Waals surface area (Å²) in [7, 11) is 0. The molecule has 0 aromatic carbocycles. The average molecular weight is 280 g/mol. The third-order valence-corrected chi connectivity index (χ3v) is 4.66. The highest BCUT2D eigenvalue weighted by atomic mass is 14.3. The molecule has 0 spiro atoms. The quantitative estimate of drug-likeness (QED) is 0.503. The summed E-state index contributed by atoms with van der Waals surface area (Å²) in [4.78, 5) is 0. The van der Waals surface area contributed by atoms with Crippen molar-refractivity contribution in [1.29, 1.82) is 10.5 Å². The van der Waals surface area contributed by atoms with Crippen LogP contribution in [0.4, 0.5) is 0 Å². The molecule has 0 radical (unpaired) electrons. The lowest BCUT2D eigenvalue weighted by Gasteiger charge is -2.29. The van der Waals surface area contributed by atoms with E-state index in [2.05, 4.69) is 19.1 Å². The molecule has 0 bridgehead atoms.